The molecule has 1 amide bonds. The molecule has 1 heterocycles. The van der Waals surface area contributed by atoms with Crippen molar-refractivity contribution in [2.45, 2.75) is 45.4 Å². The minimum absolute atomic E-state index is 0. The van der Waals surface area contributed by atoms with Crippen LogP contribution in [0.1, 0.15) is 30.4 Å². The summed E-state index contributed by atoms with van der Waals surface area (Å²) in [6, 6.07) is 4.75. The molecule has 0 spiro atoms. The van der Waals surface area contributed by atoms with Crippen molar-refractivity contribution in [3.63, 3.8) is 0 Å². The van der Waals surface area contributed by atoms with Crippen LogP contribution in [-0.2, 0) is 11.3 Å². The third-order valence-corrected chi connectivity index (χ3v) is 3.51. The SMILES string of the molecule is Cc1ccc(OC(F)F)c(CNC(=O)C2CCCCN2)c1.Cl. The van der Waals surface area contributed by atoms with Gasteiger partial charge in [-0.2, -0.15) is 8.78 Å². The van der Waals surface area contributed by atoms with Gasteiger partial charge in [0, 0.05) is 12.1 Å². The summed E-state index contributed by atoms with van der Waals surface area (Å²) in [5.41, 5.74) is 1.48. The van der Waals surface area contributed by atoms with Crippen LogP contribution in [0.4, 0.5) is 8.78 Å². The van der Waals surface area contributed by atoms with Gasteiger partial charge in [-0.05, 0) is 32.4 Å². The van der Waals surface area contributed by atoms with Gasteiger partial charge in [-0.1, -0.05) is 24.1 Å². The summed E-state index contributed by atoms with van der Waals surface area (Å²) in [6.07, 6.45) is 2.91. The predicted octanol–water partition coefficient (Wildman–Crippen LogP) is 2.78. The molecule has 1 atom stereocenters. The van der Waals surface area contributed by atoms with Crippen LogP contribution in [0.2, 0.25) is 0 Å². The first-order valence-electron chi connectivity index (χ1n) is 7.11. The van der Waals surface area contributed by atoms with E-state index < -0.39 is 6.61 Å². The number of benzene rings is 1. The minimum atomic E-state index is -2.87. The molecule has 2 N–H and O–H groups in total. The van der Waals surface area contributed by atoms with Crippen LogP contribution in [0, 0.1) is 6.92 Å². The molecular formula is C15H21ClF2N2O2. The van der Waals surface area contributed by atoms with Gasteiger partial charge in [0.25, 0.3) is 0 Å². The molecule has 1 aromatic rings. The van der Waals surface area contributed by atoms with Crippen molar-refractivity contribution in [3.8, 4) is 5.75 Å². The van der Waals surface area contributed by atoms with Crippen LogP contribution in [0.25, 0.3) is 0 Å². The number of carbonyl (C=O) groups excluding carboxylic acids is 1. The normalized spacial score (nSPS) is 17.7. The molecule has 0 radical (unpaired) electrons. The molecule has 0 saturated carbocycles. The molecule has 0 aliphatic carbocycles. The zero-order valence-corrected chi connectivity index (χ0v) is 13.2. The number of alkyl halides is 2. The highest BCUT2D eigenvalue weighted by Gasteiger charge is 2.20. The second kappa shape index (κ2) is 8.90. The van der Waals surface area contributed by atoms with Gasteiger partial charge in [0.15, 0.2) is 0 Å². The fraction of sp³-hybridized carbons (Fsp3) is 0.533. The highest BCUT2D eigenvalue weighted by molar-refractivity contribution is 5.85. The average molecular weight is 335 g/mol. The average Bonchev–Trinajstić information content (AvgIpc) is 2.47. The second-order valence-corrected chi connectivity index (χ2v) is 5.21. The number of ether oxygens (including phenoxy) is 1. The summed E-state index contributed by atoms with van der Waals surface area (Å²) >= 11 is 0. The van der Waals surface area contributed by atoms with E-state index in [0.717, 1.165) is 31.4 Å². The van der Waals surface area contributed by atoms with E-state index in [-0.39, 0.29) is 36.7 Å². The Morgan fingerprint density at radius 1 is 1.45 bits per heavy atom. The third-order valence-electron chi connectivity index (χ3n) is 3.51. The van der Waals surface area contributed by atoms with Crippen molar-refractivity contribution in [1.82, 2.24) is 10.6 Å². The minimum Gasteiger partial charge on any atom is -0.434 e. The predicted molar refractivity (Wildman–Crippen MR) is 82.5 cm³/mol. The first-order valence-corrected chi connectivity index (χ1v) is 7.11. The molecule has 22 heavy (non-hydrogen) atoms. The Bertz CT molecular complexity index is 494. The van der Waals surface area contributed by atoms with Crippen LogP contribution in [-0.4, -0.2) is 25.1 Å². The van der Waals surface area contributed by atoms with Gasteiger partial charge in [-0.15, -0.1) is 12.4 Å². The number of rotatable bonds is 5. The number of amides is 1. The first-order chi connectivity index (χ1) is 10.1. The van der Waals surface area contributed by atoms with Crippen molar-refractivity contribution >= 4 is 18.3 Å². The Morgan fingerprint density at radius 3 is 2.86 bits per heavy atom. The Morgan fingerprint density at radius 2 is 2.23 bits per heavy atom. The van der Waals surface area contributed by atoms with Crippen molar-refractivity contribution in [2.75, 3.05) is 6.54 Å². The molecule has 1 fully saturated rings. The lowest BCUT2D eigenvalue weighted by molar-refractivity contribution is -0.123. The fourth-order valence-electron chi connectivity index (χ4n) is 2.44. The van der Waals surface area contributed by atoms with Gasteiger partial charge >= 0.3 is 6.61 Å². The zero-order chi connectivity index (χ0) is 15.2. The van der Waals surface area contributed by atoms with E-state index in [1.165, 1.54) is 6.07 Å². The highest BCUT2D eigenvalue weighted by atomic mass is 35.5. The molecule has 0 bridgehead atoms. The molecule has 2 rings (SSSR count). The lowest BCUT2D eigenvalue weighted by Gasteiger charge is -2.22. The van der Waals surface area contributed by atoms with Crippen LogP contribution >= 0.6 is 12.4 Å². The van der Waals surface area contributed by atoms with Gasteiger partial charge in [-0.25, -0.2) is 0 Å². The molecule has 4 nitrogen and oxygen atoms in total. The van der Waals surface area contributed by atoms with Crippen LogP contribution < -0.4 is 15.4 Å². The summed E-state index contributed by atoms with van der Waals surface area (Å²) in [7, 11) is 0. The largest absolute Gasteiger partial charge is 0.434 e. The van der Waals surface area contributed by atoms with E-state index in [2.05, 4.69) is 15.4 Å². The summed E-state index contributed by atoms with van der Waals surface area (Å²) < 4.78 is 29.2. The topological polar surface area (TPSA) is 50.4 Å². The maximum absolute atomic E-state index is 12.4. The molecular weight excluding hydrogens is 314 g/mol. The van der Waals surface area contributed by atoms with Crippen molar-refractivity contribution in [1.29, 1.82) is 0 Å². The quantitative estimate of drug-likeness (QED) is 0.870. The maximum atomic E-state index is 12.4. The van der Waals surface area contributed by atoms with Gasteiger partial charge in [0.05, 0.1) is 6.04 Å². The Balaban J connectivity index is 0.00000242. The molecule has 1 saturated heterocycles. The standard InChI is InChI=1S/C15H20F2N2O2.ClH/c1-10-5-6-13(21-15(16)17)11(8-10)9-19-14(20)12-4-2-3-7-18-12;/h5-6,8,12,15,18H,2-4,7,9H2,1H3,(H,19,20);1H. The second-order valence-electron chi connectivity index (χ2n) is 5.21. The van der Waals surface area contributed by atoms with E-state index in [4.69, 9.17) is 0 Å². The zero-order valence-electron chi connectivity index (χ0n) is 12.4. The number of halogens is 3. The molecule has 1 aliphatic heterocycles. The Hall–Kier alpha value is -1.40. The summed E-state index contributed by atoms with van der Waals surface area (Å²) in [5, 5.41) is 5.93. The maximum Gasteiger partial charge on any atom is 0.387 e. The van der Waals surface area contributed by atoms with E-state index in [0.29, 0.717) is 5.56 Å². The van der Waals surface area contributed by atoms with Gasteiger partial charge < -0.3 is 15.4 Å². The number of aryl methyl sites for hydroxylation is 1. The number of piperidine rings is 1. The van der Waals surface area contributed by atoms with E-state index in [1.54, 1.807) is 12.1 Å². The molecule has 0 aromatic heterocycles. The Kier molecular flexibility index (Phi) is 7.55. The van der Waals surface area contributed by atoms with Gasteiger partial charge in [-0.3, -0.25) is 4.79 Å². The number of hydrogen-bond acceptors (Lipinski definition) is 3. The lowest BCUT2D eigenvalue weighted by atomic mass is 10.0. The van der Waals surface area contributed by atoms with Crippen LogP contribution in [0.3, 0.4) is 0 Å². The van der Waals surface area contributed by atoms with Crippen molar-refractivity contribution in [3.05, 3.63) is 29.3 Å². The molecule has 7 heteroatoms. The fourth-order valence-corrected chi connectivity index (χ4v) is 2.44. The number of nitrogens with one attached hydrogen (secondary N) is 2. The molecule has 1 unspecified atom stereocenters. The molecule has 1 aliphatic rings. The van der Waals surface area contributed by atoms with E-state index in [9.17, 15) is 13.6 Å². The van der Waals surface area contributed by atoms with Crippen molar-refractivity contribution in [2.24, 2.45) is 0 Å². The van der Waals surface area contributed by atoms with E-state index >= 15 is 0 Å². The van der Waals surface area contributed by atoms with Crippen LogP contribution in [0.15, 0.2) is 18.2 Å². The smallest absolute Gasteiger partial charge is 0.387 e. The summed E-state index contributed by atoms with van der Waals surface area (Å²) in [5.74, 6) is 0.00621. The molecule has 124 valence electrons. The molecule has 1 aromatic carbocycles. The number of carbonyl (C=O) groups is 1. The number of hydrogen-bond donors (Lipinski definition) is 2. The summed E-state index contributed by atoms with van der Waals surface area (Å²) in [4.78, 5) is 12.0. The third kappa shape index (κ3) is 5.42. The first kappa shape index (κ1) is 18.6. The van der Waals surface area contributed by atoms with Gasteiger partial charge in [0.2, 0.25) is 5.91 Å². The van der Waals surface area contributed by atoms with E-state index in [1.807, 2.05) is 6.92 Å². The monoisotopic (exact) mass is 334 g/mol. The van der Waals surface area contributed by atoms with Gasteiger partial charge in [0.1, 0.15) is 5.75 Å². The Labute approximate surface area is 135 Å². The lowest BCUT2D eigenvalue weighted by Crippen LogP contribution is -2.46. The highest BCUT2D eigenvalue weighted by Crippen LogP contribution is 2.22. The van der Waals surface area contributed by atoms with Crippen molar-refractivity contribution < 1.29 is 18.3 Å². The summed E-state index contributed by atoms with van der Waals surface area (Å²) in [6.45, 7) is 0.00517. The van der Waals surface area contributed by atoms with Crippen LogP contribution in [0.5, 0.6) is 5.75 Å².